The molecule has 7 heteroatoms. The van der Waals surface area contributed by atoms with Gasteiger partial charge in [-0.05, 0) is 68.5 Å². The maximum absolute atomic E-state index is 13.8. The van der Waals surface area contributed by atoms with Gasteiger partial charge in [0.15, 0.2) is 0 Å². The lowest BCUT2D eigenvalue weighted by atomic mass is 10.0. The molecular formula is C25H35NO5S. The van der Waals surface area contributed by atoms with Crippen LogP contribution in [-0.4, -0.2) is 42.9 Å². The minimum atomic E-state index is -3.73. The molecule has 0 aliphatic heterocycles. The van der Waals surface area contributed by atoms with Gasteiger partial charge in [-0.2, -0.15) is 4.31 Å². The van der Waals surface area contributed by atoms with Crippen LogP contribution in [0.4, 0.5) is 0 Å². The van der Waals surface area contributed by atoms with Crippen LogP contribution in [0.25, 0.3) is 0 Å². The van der Waals surface area contributed by atoms with Gasteiger partial charge in [0, 0.05) is 13.1 Å². The van der Waals surface area contributed by atoms with Gasteiger partial charge in [0.05, 0.1) is 25.1 Å². The maximum Gasteiger partial charge on any atom is 0.217 e. The van der Waals surface area contributed by atoms with Gasteiger partial charge in [-0.15, -0.1) is 6.58 Å². The Hall–Kier alpha value is -2.35. The summed E-state index contributed by atoms with van der Waals surface area (Å²) in [6, 6.07) is 14.7. The third-order valence-corrected chi connectivity index (χ3v) is 7.46. The van der Waals surface area contributed by atoms with Gasteiger partial charge >= 0.3 is 0 Å². The largest absolute Gasteiger partial charge is 0.497 e. The van der Waals surface area contributed by atoms with E-state index in [1.165, 1.54) is 4.31 Å². The van der Waals surface area contributed by atoms with Crippen LogP contribution in [0.1, 0.15) is 44.2 Å². The lowest BCUT2D eigenvalue weighted by Gasteiger charge is -2.31. The van der Waals surface area contributed by atoms with Gasteiger partial charge in [-0.1, -0.05) is 30.3 Å². The van der Waals surface area contributed by atoms with Crippen molar-refractivity contribution in [1.82, 2.24) is 4.31 Å². The number of hydrogen-bond acceptors (Lipinski definition) is 5. The molecule has 32 heavy (non-hydrogen) atoms. The summed E-state index contributed by atoms with van der Waals surface area (Å²) in [5.74, 6) is 1.42. The molecule has 2 aromatic carbocycles. The second-order valence-corrected chi connectivity index (χ2v) is 10.7. The number of aliphatic hydroxyl groups is 1. The molecule has 1 unspecified atom stereocenters. The Labute approximate surface area is 192 Å². The molecule has 0 saturated carbocycles. The molecule has 0 heterocycles. The van der Waals surface area contributed by atoms with Gasteiger partial charge < -0.3 is 14.6 Å². The Bertz CT molecular complexity index is 898. The normalized spacial score (nSPS) is 13.1. The minimum absolute atomic E-state index is 0.144. The smallest absolute Gasteiger partial charge is 0.217 e. The molecule has 0 aromatic heterocycles. The van der Waals surface area contributed by atoms with E-state index in [1.807, 2.05) is 48.5 Å². The van der Waals surface area contributed by atoms with Crippen LogP contribution in [0.15, 0.2) is 61.2 Å². The van der Waals surface area contributed by atoms with Crippen LogP contribution in [0.2, 0.25) is 0 Å². The highest BCUT2D eigenvalue weighted by Crippen LogP contribution is 2.27. The SMILES string of the molecule is C=CCCC(CC(C)(C)O)S(=O)(=O)N(Cc1ccc(OC)cc1)Cc1ccc(OC)cc1. The van der Waals surface area contributed by atoms with Crippen molar-refractivity contribution in [3.63, 3.8) is 0 Å². The lowest BCUT2D eigenvalue weighted by Crippen LogP contribution is -2.41. The summed E-state index contributed by atoms with van der Waals surface area (Å²) in [5.41, 5.74) is 0.604. The third-order valence-electron chi connectivity index (χ3n) is 5.24. The topological polar surface area (TPSA) is 76.1 Å². The van der Waals surface area contributed by atoms with Crippen LogP contribution < -0.4 is 9.47 Å². The molecule has 0 fully saturated rings. The first-order valence-electron chi connectivity index (χ1n) is 10.7. The Morgan fingerprint density at radius 2 is 1.41 bits per heavy atom. The van der Waals surface area contributed by atoms with Gasteiger partial charge in [-0.25, -0.2) is 8.42 Å². The molecule has 176 valence electrons. The van der Waals surface area contributed by atoms with E-state index < -0.39 is 20.9 Å². The Balaban J connectivity index is 2.40. The number of methoxy groups -OCH3 is 2. The number of sulfonamides is 1. The molecule has 1 N–H and O–H groups in total. The van der Waals surface area contributed by atoms with Crippen LogP contribution in [0, 0.1) is 0 Å². The summed E-state index contributed by atoms with van der Waals surface area (Å²) in [4.78, 5) is 0. The third kappa shape index (κ3) is 7.65. The highest BCUT2D eigenvalue weighted by molar-refractivity contribution is 7.89. The molecule has 0 saturated heterocycles. The van der Waals surface area contributed by atoms with Crippen LogP contribution in [0.5, 0.6) is 11.5 Å². The maximum atomic E-state index is 13.8. The van der Waals surface area contributed by atoms with Crippen LogP contribution in [0.3, 0.4) is 0 Å². The number of benzene rings is 2. The number of hydrogen-bond donors (Lipinski definition) is 1. The van der Waals surface area contributed by atoms with Crippen molar-refractivity contribution in [2.24, 2.45) is 0 Å². The summed E-state index contributed by atoms with van der Waals surface area (Å²) in [6.07, 6.45) is 2.81. The van der Waals surface area contributed by atoms with E-state index in [-0.39, 0.29) is 19.5 Å². The predicted octanol–water partition coefficient (Wildman–Crippen LogP) is 4.53. The number of allylic oxidation sites excluding steroid dienone is 1. The van der Waals surface area contributed by atoms with Gasteiger partial charge in [0.1, 0.15) is 11.5 Å². The fourth-order valence-electron chi connectivity index (χ4n) is 3.53. The van der Waals surface area contributed by atoms with Gasteiger partial charge in [0.2, 0.25) is 10.0 Å². The standard InChI is InChI=1S/C25H35NO5S/c1-6-7-8-24(17-25(2,3)27)32(28,29)26(18-20-9-13-22(30-4)14-10-20)19-21-11-15-23(31-5)16-12-21/h6,9-16,24,27H,1,7-8,17-19H2,2-5H3. The molecule has 2 rings (SSSR count). The fourth-order valence-corrected chi connectivity index (χ4v) is 5.67. The van der Waals surface area contributed by atoms with Crippen molar-refractivity contribution in [3.05, 3.63) is 72.3 Å². The van der Waals surface area contributed by atoms with Crippen molar-refractivity contribution in [3.8, 4) is 11.5 Å². The zero-order chi connectivity index (χ0) is 23.8. The molecule has 0 spiro atoms. The Kier molecular flexibility index (Phi) is 9.31. The van der Waals surface area contributed by atoms with E-state index in [9.17, 15) is 13.5 Å². The van der Waals surface area contributed by atoms with E-state index in [1.54, 1.807) is 34.1 Å². The zero-order valence-electron chi connectivity index (χ0n) is 19.5. The number of nitrogens with zero attached hydrogens (tertiary/aromatic N) is 1. The Morgan fingerprint density at radius 3 is 1.75 bits per heavy atom. The van der Waals surface area contributed by atoms with E-state index >= 15 is 0 Å². The quantitative estimate of drug-likeness (QED) is 0.444. The first kappa shape index (κ1) is 25.9. The lowest BCUT2D eigenvalue weighted by molar-refractivity contribution is 0.0685. The molecule has 0 aliphatic rings. The van der Waals surface area contributed by atoms with Crippen molar-refractivity contribution in [2.45, 2.75) is 57.1 Å². The summed E-state index contributed by atoms with van der Waals surface area (Å²) in [5, 5.41) is 9.67. The van der Waals surface area contributed by atoms with E-state index in [0.717, 1.165) is 11.1 Å². The van der Waals surface area contributed by atoms with E-state index in [2.05, 4.69) is 6.58 Å². The highest BCUT2D eigenvalue weighted by Gasteiger charge is 2.35. The van der Waals surface area contributed by atoms with Crippen molar-refractivity contribution >= 4 is 10.0 Å². The molecule has 0 aliphatic carbocycles. The molecule has 0 amide bonds. The van der Waals surface area contributed by atoms with Gasteiger partial charge in [-0.3, -0.25) is 0 Å². The predicted molar refractivity (Wildman–Crippen MR) is 128 cm³/mol. The monoisotopic (exact) mass is 461 g/mol. The summed E-state index contributed by atoms with van der Waals surface area (Å²) < 4.78 is 39.5. The van der Waals surface area contributed by atoms with Crippen LogP contribution in [-0.2, 0) is 23.1 Å². The summed E-state index contributed by atoms with van der Waals surface area (Å²) in [6.45, 7) is 7.44. The number of ether oxygens (including phenoxy) is 2. The molecule has 0 radical (unpaired) electrons. The minimum Gasteiger partial charge on any atom is -0.497 e. The molecule has 6 nitrogen and oxygen atoms in total. The van der Waals surface area contributed by atoms with Gasteiger partial charge in [0.25, 0.3) is 0 Å². The number of rotatable bonds is 13. The van der Waals surface area contributed by atoms with Crippen molar-refractivity contribution < 1.29 is 23.0 Å². The molecule has 1 atom stereocenters. The highest BCUT2D eigenvalue weighted by atomic mass is 32.2. The van der Waals surface area contributed by atoms with E-state index in [4.69, 9.17) is 9.47 Å². The zero-order valence-corrected chi connectivity index (χ0v) is 20.3. The molecule has 2 aromatic rings. The fraction of sp³-hybridized carbons (Fsp3) is 0.440. The van der Waals surface area contributed by atoms with Crippen molar-refractivity contribution in [2.75, 3.05) is 14.2 Å². The first-order chi connectivity index (χ1) is 15.1. The second kappa shape index (κ2) is 11.5. The Morgan fingerprint density at radius 1 is 0.969 bits per heavy atom. The molecule has 0 bridgehead atoms. The summed E-state index contributed by atoms with van der Waals surface area (Å²) in [7, 11) is -0.546. The molecular weight excluding hydrogens is 426 g/mol. The summed E-state index contributed by atoms with van der Waals surface area (Å²) >= 11 is 0. The second-order valence-electron chi connectivity index (χ2n) is 8.51. The average molecular weight is 462 g/mol. The first-order valence-corrected chi connectivity index (χ1v) is 12.2. The van der Waals surface area contributed by atoms with E-state index in [0.29, 0.717) is 24.3 Å². The average Bonchev–Trinajstić information content (AvgIpc) is 2.76. The van der Waals surface area contributed by atoms with Crippen molar-refractivity contribution in [1.29, 1.82) is 0 Å². The van der Waals surface area contributed by atoms with Crippen LogP contribution >= 0.6 is 0 Å².